The minimum atomic E-state index is -3.76. The monoisotopic (exact) mass is 275 g/mol. The molecule has 0 saturated heterocycles. The molecule has 0 unspecified atom stereocenters. The molecular formula is C12H18FNO3S. The third-order valence-electron chi connectivity index (χ3n) is 2.72. The van der Waals surface area contributed by atoms with Gasteiger partial charge in [-0.25, -0.2) is 17.5 Å². The van der Waals surface area contributed by atoms with Crippen molar-refractivity contribution in [1.82, 2.24) is 4.72 Å². The van der Waals surface area contributed by atoms with Crippen LogP contribution in [-0.4, -0.2) is 21.6 Å². The van der Waals surface area contributed by atoms with Gasteiger partial charge in [-0.3, -0.25) is 0 Å². The lowest BCUT2D eigenvalue weighted by atomic mass is 10.2. The Balaban J connectivity index is 3.15. The van der Waals surface area contributed by atoms with E-state index < -0.39 is 15.8 Å². The number of ether oxygens (including phenoxy) is 1. The van der Waals surface area contributed by atoms with Gasteiger partial charge >= 0.3 is 0 Å². The number of hydrogen-bond donors (Lipinski definition) is 1. The van der Waals surface area contributed by atoms with Crippen LogP contribution in [0.4, 0.5) is 4.39 Å². The van der Waals surface area contributed by atoms with Crippen molar-refractivity contribution in [2.45, 2.75) is 37.6 Å². The van der Waals surface area contributed by atoms with E-state index in [0.29, 0.717) is 12.8 Å². The van der Waals surface area contributed by atoms with E-state index in [-0.39, 0.29) is 16.7 Å². The molecule has 18 heavy (non-hydrogen) atoms. The summed E-state index contributed by atoms with van der Waals surface area (Å²) in [5.74, 6) is -0.476. The number of nitrogens with one attached hydrogen (secondary N) is 1. The third-order valence-corrected chi connectivity index (χ3v) is 4.26. The normalized spacial score (nSPS) is 11.8. The third kappa shape index (κ3) is 3.43. The van der Waals surface area contributed by atoms with Crippen LogP contribution in [-0.2, 0) is 10.0 Å². The van der Waals surface area contributed by atoms with Gasteiger partial charge in [0.1, 0.15) is 16.5 Å². The number of benzene rings is 1. The van der Waals surface area contributed by atoms with E-state index in [9.17, 15) is 12.8 Å². The van der Waals surface area contributed by atoms with Crippen LogP contribution in [0.2, 0.25) is 0 Å². The fourth-order valence-electron chi connectivity index (χ4n) is 1.60. The van der Waals surface area contributed by atoms with Crippen LogP contribution in [0, 0.1) is 5.82 Å². The van der Waals surface area contributed by atoms with Crippen molar-refractivity contribution in [3.8, 4) is 5.75 Å². The Bertz CT molecular complexity index is 498. The summed E-state index contributed by atoms with van der Waals surface area (Å²) in [5.41, 5.74) is 0. The molecule has 4 nitrogen and oxygen atoms in total. The van der Waals surface area contributed by atoms with E-state index in [1.165, 1.54) is 13.2 Å². The number of rotatable bonds is 6. The van der Waals surface area contributed by atoms with Crippen LogP contribution >= 0.6 is 0 Å². The van der Waals surface area contributed by atoms with Gasteiger partial charge in [0.25, 0.3) is 0 Å². The van der Waals surface area contributed by atoms with Crippen LogP contribution in [0.15, 0.2) is 23.1 Å². The van der Waals surface area contributed by atoms with Gasteiger partial charge in [0, 0.05) is 6.04 Å². The van der Waals surface area contributed by atoms with Crippen molar-refractivity contribution in [2.75, 3.05) is 7.11 Å². The van der Waals surface area contributed by atoms with Gasteiger partial charge in [0.2, 0.25) is 10.0 Å². The first-order valence-electron chi connectivity index (χ1n) is 5.80. The molecule has 0 atom stereocenters. The fraction of sp³-hybridized carbons (Fsp3) is 0.500. The zero-order valence-electron chi connectivity index (χ0n) is 10.7. The van der Waals surface area contributed by atoms with E-state index in [1.54, 1.807) is 0 Å². The maximum absolute atomic E-state index is 13.2. The average Bonchev–Trinajstić information content (AvgIpc) is 2.36. The Kier molecular flexibility index (Phi) is 5.10. The minimum Gasteiger partial charge on any atom is -0.495 e. The number of hydrogen-bond acceptors (Lipinski definition) is 3. The molecule has 1 aromatic rings. The highest BCUT2D eigenvalue weighted by molar-refractivity contribution is 7.89. The Morgan fingerprint density at radius 2 is 1.94 bits per heavy atom. The SMILES string of the molecule is CCC(CC)NS(=O)(=O)c1cc(F)ccc1OC. The van der Waals surface area contributed by atoms with Gasteiger partial charge < -0.3 is 4.74 Å². The van der Waals surface area contributed by atoms with Crippen LogP contribution in [0.3, 0.4) is 0 Å². The largest absolute Gasteiger partial charge is 0.495 e. The molecule has 0 heterocycles. The Hall–Kier alpha value is -1.14. The molecular weight excluding hydrogens is 257 g/mol. The molecule has 1 aromatic carbocycles. The van der Waals surface area contributed by atoms with Crippen molar-refractivity contribution in [3.05, 3.63) is 24.0 Å². The first-order valence-corrected chi connectivity index (χ1v) is 7.28. The summed E-state index contributed by atoms with van der Waals surface area (Å²) in [5, 5.41) is 0. The van der Waals surface area contributed by atoms with E-state index in [4.69, 9.17) is 4.74 Å². The predicted molar refractivity (Wildman–Crippen MR) is 67.6 cm³/mol. The second kappa shape index (κ2) is 6.15. The van der Waals surface area contributed by atoms with Gasteiger partial charge in [-0.2, -0.15) is 0 Å². The lowest BCUT2D eigenvalue weighted by molar-refractivity contribution is 0.400. The van der Waals surface area contributed by atoms with Crippen LogP contribution < -0.4 is 9.46 Å². The first-order chi connectivity index (χ1) is 8.44. The molecule has 0 radical (unpaired) electrons. The maximum atomic E-state index is 13.2. The molecule has 0 aromatic heterocycles. The van der Waals surface area contributed by atoms with Crippen molar-refractivity contribution in [1.29, 1.82) is 0 Å². The van der Waals surface area contributed by atoms with Gasteiger partial charge in [-0.15, -0.1) is 0 Å². The minimum absolute atomic E-state index is 0.134. The molecule has 0 aliphatic carbocycles. The van der Waals surface area contributed by atoms with E-state index in [0.717, 1.165) is 12.1 Å². The van der Waals surface area contributed by atoms with Crippen LogP contribution in [0.25, 0.3) is 0 Å². The number of sulfonamides is 1. The summed E-state index contributed by atoms with van der Waals surface area (Å²) in [6, 6.07) is 3.26. The molecule has 0 amide bonds. The zero-order chi connectivity index (χ0) is 13.8. The Labute approximate surface area is 107 Å². The number of halogens is 1. The van der Waals surface area contributed by atoms with Crippen molar-refractivity contribution in [3.63, 3.8) is 0 Å². The van der Waals surface area contributed by atoms with Crippen LogP contribution in [0.1, 0.15) is 26.7 Å². The van der Waals surface area contributed by atoms with Gasteiger partial charge in [-0.1, -0.05) is 13.8 Å². The first kappa shape index (κ1) is 14.9. The molecule has 1 rings (SSSR count). The zero-order valence-corrected chi connectivity index (χ0v) is 11.6. The van der Waals surface area contributed by atoms with E-state index in [2.05, 4.69) is 4.72 Å². The summed E-state index contributed by atoms with van der Waals surface area (Å²) in [4.78, 5) is -0.170. The highest BCUT2D eigenvalue weighted by Gasteiger charge is 2.22. The highest BCUT2D eigenvalue weighted by Crippen LogP contribution is 2.24. The predicted octanol–water partition coefficient (Wildman–Crippen LogP) is 2.30. The molecule has 0 fully saturated rings. The van der Waals surface area contributed by atoms with Gasteiger partial charge in [-0.05, 0) is 31.0 Å². The summed E-state index contributed by atoms with van der Waals surface area (Å²) in [6.45, 7) is 3.78. The van der Waals surface area contributed by atoms with E-state index in [1.807, 2.05) is 13.8 Å². The maximum Gasteiger partial charge on any atom is 0.244 e. The van der Waals surface area contributed by atoms with Gasteiger partial charge in [0.05, 0.1) is 7.11 Å². The van der Waals surface area contributed by atoms with Crippen molar-refractivity contribution in [2.24, 2.45) is 0 Å². The average molecular weight is 275 g/mol. The van der Waals surface area contributed by atoms with E-state index >= 15 is 0 Å². The Morgan fingerprint density at radius 1 is 1.33 bits per heavy atom. The van der Waals surface area contributed by atoms with Crippen molar-refractivity contribution < 1.29 is 17.5 Å². The highest BCUT2D eigenvalue weighted by atomic mass is 32.2. The molecule has 6 heteroatoms. The molecule has 0 aliphatic heterocycles. The molecule has 0 spiro atoms. The lowest BCUT2D eigenvalue weighted by Crippen LogP contribution is -2.34. The quantitative estimate of drug-likeness (QED) is 0.866. The molecule has 102 valence electrons. The Morgan fingerprint density at radius 3 is 2.44 bits per heavy atom. The second-order valence-corrected chi connectivity index (χ2v) is 5.61. The topological polar surface area (TPSA) is 55.4 Å². The second-order valence-electron chi connectivity index (χ2n) is 3.93. The van der Waals surface area contributed by atoms with Crippen LogP contribution in [0.5, 0.6) is 5.75 Å². The summed E-state index contributed by atoms with van der Waals surface area (Å²) in [7, 11) is -2.41. The molecule has 0 aliphatic rings. The van der Waals surface area contributed by atoms with Crippen molar-refractivity contribution >= 4 is 10.0 Å². The van der Waals surface area contributed by atoms with Gasteiger partial charge in [0.15, 0.2) is 0 Å². The molecule has 1 N–H and O–H groups in total. The summed E-state index contributed by atoms with van der Waals surface area (Å²) >= 11 is 0. The lowest BCUT2D eigenvalue weighted by Gasteiger charge is -2.16. The molecule has 0 saturated carbocycles. The standard InChI is InChI=1S/C12H18FNO3S/c1-4-10(5-2)14-18(15,16)12-8-9(13)6-7-11(12)17-3/h6-8,10,14H,4-5H2,1-3H3. The smallest absolute Gasteiger partial charge is 0.244 e. The summed E-state index contributed by atoms with van der Waals surface area (Å²) in [6.07, 6.45) is 1.35. The molecule has 0 bridgehead atoms. The fourth-order valence-corrected chi connectivity index (χ4v) is 3.18. The summed E-state index contributed by atoms with van der Waals surface area (Å²) < 4.78 is 44.9. The number of methoxy groups -OCH3 is 1.